The zero-order valence-electron chi connectivity index (χ0n) is 10.4. The molecule has 0 aliphatic carbocycles. The van der Waals surface area contributed by atoms with Crippen molar-refractivity contribution in [3.8, 4) is 0 Å². The van der Waals surface area contributed by atoms with Crippen molar-refractivity contribution in [2.45, 2.75) is 72.3 Å². The number of hydrogen-bond donors (Lipinski definition) is 1. The van der Waals surface area contributed by atoms with Gasteiger partial charge in [-0.2, -0.15) is 0 Å². The zero-order chi connectivity index (χ0) is 11.2. The molecule has 0 heterocycles. The second-order valence-corrected chi connectivity index (χ2v) is 4.68. The molecular weight excluding hydrogens is 176 g/mol. The van der Waals surface area contributed by atoms with E-state index in [1.807, 2.05) is 0 Å². The Labute approximate surface area is 88.6 Å². The van der Waals surface area contributed by atoms with Crippen LogP contribution in [0.25, 0.3) is 0 Å². The second-order valence-electron chi connectivity index (χ2n) is 4.68. The van der Waals surface area contributed by atoms with E-state index in [4.69, 9.17) is 10.1 Å². The van der Waals surface area contributed by atoms with Gasteiger partial charge in [-0.1, -0.05) is 47.5 Å². The van der Waals surface area contributed by atoms with Crippen LogP contribution >= 0.6 is 0 Å². The largest absolute Gasteiger partial charge is 0.251 e. The molecule has 0 amide bonds. The highest BCUT2D eigenvalue weighted by atomic mass is 17.1. The molecule has 0 aliphatic heterocycles. The predicted molar refractivity (Wildman–Crippen MR) is 60.3 cm³/mol. The van der Waals surface area contributed by atoms with Crippen LogP contribution < -0.4 is 0 Å². The molecule has 0 fully saturated rings. The number of hydrogen-bond acceptors (Lipinski definition) is 2. The molecule has 86 valence electrons. The molecule has 14 heavy (non-hydrogen) atoms. The van der Waals surface area contributed by atoms with Crippen molar-refractivity contribution in [3.63, 3.8) is 0 Å². The van der Waals surface area contributed by atoms with Gasteiger partial charge < -0.3 is 0 Å². The lowest BCUT2D eigenvalue weighted by atomic mass is 9.73. The fourth-order valence-electron chi connectivity index (χ4n) is 1.94. The van der Waals surface area contributed by atoms with Gasteiger partial charge in [-0.15, -0.1) is 0 Å². The summed E-state index contributed by atoms with van der Waals surface area (Å²) in [5.41, 5.74) is -0.0461. The van der Waals surface area contributed by atoms with Gasteiger partial charge in [-0.25, -0.2) is 4.89 Å². The first kappa shape index (κ1) is 13.9. The molecule has 0 saturated heterocycles. The highest BCUT2D eigenvalue weighted by Gasteiger charge is 2.35. The van der Waals surface area contributed by atoms with E-state index in [2.05, 4.69) is 34.6 Å². The molecule has 0 aromatic rings. The minimum Gasteiger partial charge on any atom is -0.251 e. The molecule has 0 bridgehead atoms. The molecule has 0 rings (SSSR count). The summed E-state index contributed by atoms with van der Waals surface area (Å²) in [5, 5.41) is 9.03. The summed E-state index contributed by atoms with van der Waals surface area (Å²) >= 11 is 0. The molecule has 0 atom stereocenters. The minimum absolute atomic E-state index is 0.286. The average Bonchev–Trinajstić information content (AvgIpc) is 2.26. The molecule has 2 nitrogen and oxygen atoms in total. The fraction of sp³-hybridized carbons (Fsp3) is 1.00. The minimum atomic E-state index is -0.333. The van der Waals surface area contributed by atoms with Crippen LogP contribution in [0.4, 0.5) is 0 Å². The lowest BCUT2D eigenvalue weighted by molar-refractivity contribution is -0.332. The van der Waals surface area contributed by atoms with Gasteiger partial charge >= 0.3 is 0 Å². The Kier molecular flexibility index (Phi) is 5.68. The maximum Gasteiger partial charge on any atom is 0.103 e. The van der Waals surface area contributed by atoms with Crippen LogP contribution in [0.15, 0.2) is 0 Å². The van der Waals surface area contributed by atoms with Crippen molar-refractivity contribution in [3.05, 3.63) is 0 Å². The molecule has 0 aromatic carbocycles. The van der Waals surface area contributed by atoms with Crippen molar-refractivity contribution < 1.29 is 10.1 Å². The Morgan fingerprint density at radius 3 is 1.57 bits per heavy atom. The summed E-state index contributed by atoms with van der Waals surface area (Å²) in [6.45, 7) is 10.8. The molecule has 0 aromatic heterocycles. The van der Waals surface area contributed by atoms with Crippen molar-refractivity contribution in [1.82, 2.24) is 0 Å². The van der Waals surface area contributed by atoms with E-state index in [1.54, 1.807) is 0 Å². The van der Waals surface area contributed by atoms with E-state index >= 15 is 0 Å². The van der Waals surface area contributed by atoms with E-state index < -0.39 is 0 Å². The van der Waals surface area contributed by atoms with Gasteiger partial charge in [0.15, 0.2) is 0 Å². The summed E-state index contributed by atoms with van der Waals surface area (Å²) in [7, 11) is 0. The molecular formula is C12H26O2. The Morgan fingerprint density at radius 2 is 1.36 bits per heavy atom. The molecule has 0 unspecified atom stereocenters. The summed E-state index contributed by atoms with van der Waals surface area (Å²) < 4.78 is 0. The Balaban J connectivity index is 4.56. The van der Waals surface area contributed by atoms with Gasteiger partial charge in [0.1, 0.15) is 5.60 Å². The Bertz CT molecular complexity index is 138. The highest BCUT2D eigenvalue weighted by Crippen LogP contribution is 2.39. The van der Waals surface area contributed by atoms with Gasteiger partial charge in [-0.05, 0) is 24.7 Å². The Morgan fingerprint density at radius 1 is 0.929 bits per heavy atom. The Hall–Kier alpha value is -0.0800. The normalized spacial score (nSPS) is 13.3. The highest BCUT2D eigenvalue weighted by molar-refractivity contribution is 4.85. The van der Waals surface area contributed by atoms with Crippen molar-refractivity contribution in [2.75, 3.05) is 0 Å². The summed E-state index contributed by atoms with van der Waals surface area (Å²) in [6, 6.07) is 0. The van der Waals surface area contributed by atoms with Crippen molar-refractivity contribution in [1.29, 1.82) is 0 Å². The third-order valence-corrected chi connectivity index (χ3v) is 3.94. The quantitative estimate of drug-likeness (QED) is 0.494. The first-order valence-corrected chi connectivity index (χ1v) is 5.84. The first-order chi connectivity index (χ1) is 6.51. The van der Waals surface area contributed by atoms with Crippen molar-refractivity contribution >= 4 is 0 Å². The zero-order valence-corrected chi connectivity index (χ0v) is 10.4. The smallest absolute Gasteiger partial charge is 0.103 e. The maximum atomic E-state index is 9.03. The number of rotatable bonds is 7. The second kappa shape index (κ2) is 5.72. The van der Waals surface area contributed by atoms with Crippen LogP contribution in [0, 0.1) is 5.41 Å². The third-order valence-electron chi connectivity index (χ3n) is 3.94. The van der Waals surface area contributed by atoms with Crippen LogP contribution in [0.5, 0.6) is 0 Å². The molecule has 2 heteroatoms. The molecule has 0 spiro atoms. The van der Waals surface area contributed by atoms with Crippen LogP contribution in [0.3, 0.4) is 0 Å². The van der Waals surface area contributed by atoms with Gasteiger partial charge in [0.05, 0.1) is 0 Å². The molecule has 0 saturated carbocycles. The van der Waals surface area contributed by atoms with Crippen LogP contribution in [0.2, 0.25) is 0 Å². The van der Waals surface area contributed by atoms with Gasteiger partial charge in [0.2, 0.25) is 0 Å². The summed E-state index contributed by atoms with van der Waals surface area (Å²) in [4.78, 5) is 4.74. The van der Waals surface area contributed by atoms with E-state index in [0.717, 1.165) is 32.1 Å². The van der Waals surface area contributed by atoms with Gasteiger partial charge in [-0.3, -0.25) is 5.26 Å². The standard InChI is InChI=1S/C12H26O2/c1-6-11(5,7-2)10-12(8-3,9-4)14-13/h13H,6-10H2,1-5H3. The lowest BCUT2D eigenvalue weighted by Gasteiger charge is -2.37. The van der Waals surface area contributed by atoms with Gasteiger partial charge in [0.25, 0.3) is 0 Å². The maximum absolute atomic E-state index is 9.03. The molecule has 1 N–H and O–H groups in total. The fourth-order valence-corrected chi connectivity index (χ4v) is 1.94. The van der Waals surface area contributed by atoms with E-state index in [0.29, 0.717) is 0 Å². The van der Waals surface area contributed by atoms with Crippen LogP contribution in [-0.4, -0.2) is 10.9 Å². The average molecular weight is 202 g/mol. The lowest BCUT2D eigenvalue weighted by Crippen LogP contribution is -2.36. The van der Waals surface area contributed by atoms with E-state index in [-0.39, 0.29) is 11.0 Å². The first-order valence-electron chi connectivity index (χ1n) is 5.84. The third kappa shape index (κ3) is 3.25. The van der Waals surface area contributed by atoms with Crippen molar-refractivity contribution in [2.24, 2.45) is 5.41 Å². The van der Waals surface area contributed by atoms with E-state index in [9.17, 15) is 0 Å². The SMILES string of the molecule is CCC(C)(CC)CC(CC)(CC)OO. The topological polar surface area (TPSA) is 29.5 Å². The van der Waals surface area contributed by atoms with E-state index in [1.165, 1.54) is 0 Å². The monoisotopic (exact) mass is 202 g/mol. The van der Waals surface area contributed by atoms with Gasteiger partial charge in [0, 0.05) is 0 Å². The summed E-state index contributed by atoms with van der Waals surface area (Å²) in [6.07, 6.45) is 4.95. The van der Waals surface area contributed by atoms with Crippen LogP contribution in [-0.2, 0) is 4.89 Å². The summed E-state index contributed by atoms with van der Waals surface area (Å²) in [5.74, 6) is 0. The van der Waals surface area contributed by atoms with Crippen LogP contribution in [0.1, 0.15) is 66.7 Å². The molecule has 0 aliphatic rings. The predicted octanol–water partition coefficient (Wildman–Crippen LogP) is 4.25. The molecule has 0 radical (unpaired) electrons.